The summed E-state index contributed by atoms with van der Waals surface area (Å²) >= 11 is 0. The van der Waals surface area contributed by atoms with E-state index in [1.807, 2.05) is 0 Å². The van der Waals surface area contributed by atoms with Crippen molar-refractivity contribution in [1.82, 2.24) is 9.80 Å². The van der Waals surface area contributed by atoms with E-state index in [0.29, 0.717) is 18.0 Å². The van der Waals surface area contributed by atoms with Gasteiger partial charge in [0.2, 0.25) is 0 Å². The zero-order chi connectivity index (χ0) is 17.9. The number of likely N-dealkylation sites (N-methyl/N-ethyl adjacent to an activating group) is 1. The summed E-state index contributed by atoms with van der Waals surface area (Å²) in [7, 11) is 2.32. The van der Waals surface area contributed by atoms with Crippen LogP contribution in [-0.4, -0.2) is 45.5 Å². The lowest BCUT2D eigenvalue weighted by Gasteiger charge is -2.56. The Morgan fingerprint density at radius 1 is 0.682 bits per heavy atom. The van der Waals surface area contributed by atoms with Crippen LogP contribution >= 0.6 is 0 Å². The molecule has 0 saturated carbocycles. The molecule has 0 spiro atoms. The van der Waals surface area contributed by atoms with Gasteiger partial charge in [0.25, 0.3) is 0 Å². The van der Waals surface area contributed by atoms with Crippen molar-refractivity contribution in [2.24, 2.45) is 11.3 Å². The highest BCUT2D eigenvalue weighted by atomic mass is 15.4. The van der Waals surface area contributed by atoms with Crippen LogP contribution in [0.2, 0.25) is 0 Å². The molecule has 2 heteroatoms. The number of rotatable bonds is 2. The Bertz CT molecular complexity index is 364. The summed E-state index contributed by atoms with van der Waals surface area (Å²) < 4.78 is 0. The highest BCUT2D eigenvalue weighted by Gasteiger charge is 2.61. The molecule has 1 saturated heterocycles. The third kappa shape index (κ3) is 2.45. The molecule has 0 amide bonds. The maximum absolute atomic E-state index is 2.81. The summed E-state index contributed by atoms with van der Waals surface area (Å²) in [5.41, 5.74) is 0.481. The maximum Gasteiger partial charge on any atom is 0.0337 e. The molecule has 1 aliphatic rings. The van der Waals surface area contributed by atoms with Gasteiger partial charge in [0.1, 0.15) is 0 Å². The second kappa shape index (κ2) is 5.48. The van der Waals surface area contributed by atoms with Crippen LogP contribution in [0.5, 0.6) is 0 Å². The molecule has 1 aliphatic heterocycles. The minimum absolute atomic E-state index is 0.0850. The van der Waals surface area contributed by atoms with Gasteiger partial charge in [-0.25, -0.2) is 0 Å². The zero-order valence-corrected chi connectivity index (χ0v) is 17.6. The molecule has 22 heavy (non-hydrogen) atoms. The Hall–Kier alpha value is -0.0800. The quantitative estimate of drug-likeness (QED) is 0.706. The highest BCUT2D eigenvalue weighted by Crippen LogP contribution is 2.53. The van der Waals surface area contributed by atoms with Gasteiger partial charge in [-0.3, -0.25) is 9.80 Å². The van der Waals surface area contributed by atoms with Crippen LogP contribution in [0.15, 0.2) is 0 Å². The maximum atomic E-state index is 2.81. The van der Waals surface area contributed by atoms with Gasteiger partial charge >= 0.3 is 0 Å². The van der Waals surface area contributed by atoms with E-state index in [1.165, 1.54) is 0 Å². The van der Waals surface area contributed by atoms with Crippen molar-refractivity contribution in [1.29, 1.82) is 0 Å². The lowest BCUT2D eigenvalue weighted by atomic mass is 9.65. The van der Waals surface area contributed by atoms with Crippen LogP contribution < -0.4 is 0 Å². The van der Waals surface area contributed by atoms with Crippen molar-refractivity contribution in [3.8, 4) is 0 Å². The molecule has 1 rings (SSSR count). The van der Waals surface area contributed by atoms with Gasteiger partial charge in [-0.1, -0.05) is 27.7 Å². The normalized spacial score (nSPS) is 31.5. The van der Waals surface area contributed by atoms with E-state index in [9.17, 15) is 0 Å². The van der Waals surface area contributed by atoms with Crippen LogP contribution in [0, 0.1) is 11.3 Å². The van der Waals surface area contributed by atoms with E-state index >= 15 is 0 Å². The summed E-state index contributed by atoms with van der Waals surface area (Å²) in [6.07, 6.45) is 0. The Balaban J connectivity index is 3.76. The predicted molar refractivity (Wildman–Crippen MR) is 99.4 cm³/mol. The van der Waals surface area contributed by atoms with Gasteiger partial charge < -0.3 is 0 Å². The van der Waals surface area contributed by atoms with Crippen LogP contribution in [-0.2, 0) is 0 Å². The predicted octanol–water partition coefficient (Wildman–Crippen LogP) is 5.03. The van der Waals surface area contributed by atoms with Crippen molar-refractivity contribution >= 4 is 0 Å². The number of hydrogen-bond acceptors (Lipinski definition) is 2. The van der Waals surface area contributed by atoms with Crippen LogP contribution in [0.25, 0.3) is 0 Å². The monoisotopic (exact) mass is 310 g/mol. The van der Waals surface area contributed by atoms with Gasteiger partial charge in [0.15, 0.2) is 0 Å². The molecule has 0 aliphatic carbocycles. The summed E-state index contributed by atoms with van der Waals surface area (Å²) in [6, 6.07) is 1.07. The van der Waals surface area contributed by atoms with E-state index in [1.54, 1.807) is 0 Å². The fourth-order valence-corrected chi connectivity index (χ4v) is 5.04. The third-order valence-electron chi connectivity index (χ3n) is 7.62. The van der Waals surface area contributed by atoms with E-state index in [0.717, 1.165) is 0 Å². The molecule has 132 valence electrons. The first-order valence-corrected chi connectivity index (χ1v) is 9.07. The van der Waals surface area contributed by atoms with Crippen molar-refractivity contribution in [3.63, 3.8) is 0 Å². The Morgan fingerprint density at radius 2 is 1.09 bits per heavy atom. The molecule has 2 nitrogen and oxygen atoms in total. The first-order valence-electron chi connectivity index (χ1n) is 9.07. The minimum Gasteiger partial charge on any atom is -0.294 e. The lowest BCUT2D eigenvalue weighted by Crippen LogP contribution is -2.67. The average molecular weight is 311 g/mol. The van der Waals surface area contributed by atoms with Gasteiger partial charge in [-0.15, -0.1) is 0 Å². The van der Waals surface area contributed by atoms with Gasteiger partial charge in [0.05, 0.1) is 0 Å². The van der Waals surface area contributed by atoms with Crippen LogP contribution in [0.4, 0.5) is 0 Å². The molecule has 1 unspecified atom stereocenters. The summed E-state index contributed by atoms with van der Waals surface area (Å²) in [5.74, 6) is 0.623. The molecule has 0 aromatic rings. The van der Waals surface area contributed by atoms with Crippen molar-refractivity contribution in [3.05, 3.63) is 0 Å². The average Bonchev–Trinajstić information content (AvgIpc) is 2.33. The highest BCUT2D eigenvalue weighted by molar-refractivity contribution is 5.17. The summed E-state index contributed by atoms with van der Waals surface area (Å²) in [4.78, 5) is 5.45. The molecule has 0 aromatic heterocycles. The van der Waals surface area contributed by atoms with Gasteiger partial charge in [-0.05, 0) is 73.8 Å². The SMILES string of the molecule is CC(C)C1N(C(C)C)C(C)(C)C(C)(C)N(C)C(C)(C)C1(C)C. The van der Waals surface area contributed by atoms with E-state index in [-0.39, 0.29) is 22.0 Å². The Labute approximate surface area is 140 Å². The second-order valence-electron chi connectivity index (χ2n) is 10.1. The van der Waals surface area contributed by atoms with Gasteiger partial charge in [-0.2, -0.15) is 0 Å². The first-order chi connectivity index (χ1) is 9.54. The molecule has 0 radical (unpaired) electrons. The van der Waals surface area contributed by atoms with E-state index in [4.69, 9.17) is 0 Å². The van der Waals surface area contributed by atoms with Crippen LogP contribution in [0.3, 0.4) is 0 Å². The van der Waals surface area contributed by atoms with Crippen molar-refractivity contribution in [2.45, 2.75) is 112 Å². The fourth-order valence-electron chi connectivity index (χ4n) is 5.04. The smallest absolute Gasteiger partial charge is 0.0337 e. The Kier molecular flexibility index (Phi) is 4.97. The van der Waals surface area contributed by atoms with E-state index < -0.39 is 0 Å². The molecular formula is C20H42N2. The minimum atomic E-state index is 0.0850. The molecule has 1 heterocycles. The molecule has 1 fully saturated rings. The van der Waals surface area contributed by atoms with Gasteiger partial charge in [0, 0.05) is 28.7 Å². The third-order valence-corrected chi connectivity index (χ3v) is 7.62. The topological polar surface area (TPSA) is 6.48 Å². The fraction of sp³-hybridized carbons (Fsp3) is 1.00. The van der Waals surface area contributed by atoms with E-state index in [2.05, 4.69) is 99.9 Å². The summed E-state index contributed by atoms with van der Waals surface area (Å²) in [5, 5.41) is 0. The largest absolute Gasteiger partial charge is 0.294 e. The lowest BCUT2D eigenvalue weighted by molar-refractivity contribution is -0.0584. The Morgan fingerprint density at radius 3 is 1.41 bits per heavy atom. The number of hydrogen-bond donors (Lipinski definition) is 0. The first kappa shape index (κ1) is 20.0. The van der Waals surface area contributed by atoms with Crippen molar-refractivity contribution in [2.75, 3.05) is 7.05 Å². The molecule has 0 N–H and O–H groups in total. The standard InChI is InChI=1S/C20H42N2/c1-14(2)16-17(5,6)18(7,8)21(13)19(9,10)20(11,12)22(16)15(3)4/h14-16H,1-13H3. The molecule has 0 aromatic carbocycles. The van der Waals surface area contributed by atoms with Crippen LogP contribution in [0.1, 0.15) is 83.1 Å². The van der Waals surface area contributed by atoms with Crippen molar-refractivity contribution < 1.29 is 0 Å². The molecule has 0 bridgehead atoms. The molecule has 1 atom stereocenters. The molecular weight excluding hydrogens is 268 g/mol. The number of nitrogens with zero attached hydrogens (tertiary/aromatic N) is 2. The zero-order valence-electron chi connectivity index (χ0n) is 17.6. The second-order valence-corrected chi connectivity index (χ2v) is 10.1. The summed E-state index contributed by atoms with van der Waals surface area (Å²) in [6.45, 7) is 29.1.